The second-order valence-electron chi connectivity index (χ2n) is 4.36. The molecule has 2 nitrogen and oxygen atoms in total. The average molecular weight is 365 g/mol. The summed E-state index contributed by atoms with van der Waals surface area (Å²) in [7, 11) is 0. The van der Waals surface area contributed by atoms with Crippen LogP contribution < -0.4 is 5.84 Å². The summed E-state index contributed by atoms with van der Waals surface area (Å²) in [5.74, 6) is 5.75. The van der Waals surface area contributed by atoms with E-state index in [0.717, 1.165) is 21.2 Å². The Balaban J connectivity index is 2.38. The van der Waals surface area contributed by atoms with E-state index in [-0.39, 0.29) is 5.82 Å². The van der Waals surface area contributed by atoms with Crippen molar-refractivity contribution in [3.8, 4) is 0 Å². The smallest absolute Gasteiger partial charge is 0.123 e. The minimum absolute atomic E-state index is 0.264. The van der Waals surface area contributed by atoms with Crippen molar-refractivity contribution in [3.05, 3.63) is 75.5 Å². The standard InChI is InChI=1S/C16H14BrFN2S/c17-14-5-3-12(4-6-14)16(20-19)13(10-21)9-11-1-7-15(18)8-2-11/h1-9,21H,10,19H2/b13-9+,20-16-. The van der Waals surface area contributed by atoms with Crippen LogP contribution in [0.3, 0.4) is 0 Å². The molecule has 21 heavy (non-hydrogen) atoms. The monoisotopic (exact) mass is 364 g/mol. The van der Waals surface area contributed by atoms with E-state index in [1.807, 2.05) is 30.3 Å². The first-order chi connectivity index (χ1) is 10.1. The molecule has 2 N–H and O–H groups in total. The highest BCUT2D eigenvalue weighted by molar-refractivity contribution is 9.10. The number of nitrogens with two attached hydrogens (primary N) is 1. The van der Waals surface area contributed by atoms with E-state index < -0.39 is 0 Å². The lowest BCUT2D eigenvalue weighted by Crippen LogP contribution is -2.09. The number of hydrogen-bond acceptors (Lipinski definition) is 3. The maximum absolute atomic E-state index is 12.9. The molecule has 2 rings (SSSR count). The highest BCUT2D eigenvalue weighted by Crippen LogP contribution is 2.17. The summed E-state index contributed by atoms with van der Waals surface area (Å²) in [4.78, 5) is 0. The summed E-state index contributed by atoms with van der Waals surface area (Å²) in [6.07, 6.45) is 1.90. The fraction of sp³-hybridized carbons (Fsp3) is 0.0625. The molecule has 0 saturated heterocycles. The van der Waals surface area contributed by atoms with Gasteiger partial charge in [-0.15, -0.1) is 0 Å². The molecule has 0 spiro atoms. The third-order valence-corrected chi connectivity index (χ3v) is 3.80. The van der Waals surface area contributed by atoms with Gasteiger partial charge in [0.25, 0.3) is 0 Å². The van der Waals surface area contributed by atoms with Crippen LogP contribution in [0.5, 0.6) is 0 Å². The topological polar surface area (TPSA) is 38.4 Å². The number of hydrazone groups is 1. The highest BCUT2D eigenvalue weighted by atomic mass is 79.9. The minimum atomic E-state index is -0.264. The van der Waals surface area contributed by atoms with Gasteiger partial charge in [0, 0.05) is 15.8 Å². The van der Waals surface area contributed by atoms with E-state index in [1.165, 1.54) is 12.1 Å². The number of halogens is 2. The Morgan fingerprint density at radius 3 is 2.29 bits per heavy atom. The molecule has 0 aliphatic carbocycles. The van der Waals surface area contributed by atoms with Gasteiger partial charge in [-0.3, -0.25) is 0 Å². The Hall–Kier alpha value is -1.59. The van der Waals surface area contributed by atoms with E-state index in [1.54, 1.807) is 12.1 Å². The molecule has 2 aromatic rings. The molecular weight excluding hydrogens is 351 g/mol. The summed E-state index contributed by atoms with van der Waals surface area (Å²) >= 11 is 7.74. The fourth-order valence-corrected chi connectivity index (χ4v) is 2.41. The van der Waals surface area contributed by atoms with Crippen LogP contribution in [0.2, 0.25) is 0 Å². The molecular formula is C16H14BrFN2S. The number of rotatable bonds is 4. The highest BCUT2D eigenvalue weighted by Gasteiger charge is 2.09. The van der Waals surface area contributed by atoms with Crippen molar-refractivity contribution in [3.63, 3.8) is 0 Å². The van der Waals surface area contributed by atoms with Crippen LogP contribution in [0.4, 0.5) is 4.39 Å². The second-order valence-corrected chi connectivity index (χ2v) is 5.60. The van der Waals surface area contributed by atoms with Gasteiger partial charge in [0.05, 0.1) is 5.71 Å². The van der Waals surface area contributed by atoms with E-state index in [0.29, 0.717) is 11.5 Å². The number of hydrogen-bond donors (Lipinski definition) is 2. The van der Waals surface area contributed by atoms with Crippen molar-refractivity contribution in [2.75, 3.05) is 5.75 Å². The van der Waals surface area contributed by atoms with E-state index in [9.17, 15) is 4.39 Å². The van der Waals surface area contributed by atoms with Crippen LogP contribution >= 0.6 is 28.6 Å². The molecule has 0 fully saturated rings. The van der Waals surface area contributed by atoms with E-state index >= 15 is 0 Å². The van der Waals surface area contributed by atoms with Crippen LogP contribution in [0.15, 0.2) is 63.7 Å². The van der Waals surface area contributed by atoms with Crippen LogP contribution in [0, 0.1) is 5.82 Å². The first-order valence-electron chi connectivity index (χ1n) is 6.25. The van der Waals surface area contributed by atoms with Crippen molar-refractivity contribution >= 4 is 40.3 Å². The summed E-state index contributed by atoms with van der Waals surface area (Å²) in [6.45, 7) is 0. The summed E-state index contributed by atoms with van der Waals surface area (Å²) in [5, 5.41) is 3.88. The molecule has 2 aromatic carbocycles. The van der Waals surface area contributed by atoms with Crippen molar-refractivity contribution < 1.29 is 4.39 Å². The Morgan fingerprint density at radius 2 is 1.76 bits per heavy atom. The number of benzene rings is 2. The molecule has 0 bridgehead atoms. The summed E-state index contributed by atoms with van der Waals surface area (Å²) in [5.41, 5.74) is 3.32. The molecule has 0 aromatic heterocycles. The molecule has 0 amide bonds. The molecule has 5 heteroatoms. The van der Waals surface area contributed by atoms with Gasteiger partial charge in [-0.1, -0.05) is 40.2 Å². The van der Waals surface area contributed by atoms with Gasteiger partial charge in [-0.05, 0) is 41.5 Å². The molecule has 0 radical (unpaired) electrons. The zero-order valence-corrected chi connectivity index (χ0v) is 13.6. The SMILES string of the molecule is N/N=C(\C(=C\c1ccc(F)cc1)CS)c1ccc(Br)cc1. The Labute approximate surface area is 137 Å². The maximum atomic E-state index is 12.9. The van der Waals surface area contributed by atoms with Crippen molar-refractivity contribution in [1.29, 1.82) is 0 Å². The Kier molecular flexibility index (Phi) is 5.59. The fourth-order valence-electron chi connectivity index (χ4n) is 1.90. The zero-order valence-electron chi connectivity index (χ0n) is 11.1. The Bertz CT molecular complexity index is 664. The summed E-state index contributed by atoms with van der Waals surface area (Å²) in [6, 6.07) is 13.9. The molecule has 0 aliphatic rings. The van der Waals surface area contributed by atoms with Crippen molar-refractivity contribution in [2.45, 2.75) is 0 Å². The van der Waals surface area contributed by atoms with Gasteiger partial charge in [0.1, 0.15) is 5.82 Å². The lowest BCUT2D eigenvalue weighted by atomic mass is 10.0. The second kappa shape index (κ2) is 7.43. The predicted octanol–water partition coefficient (Wildman–Crippen LogP) is 4.26. The third-order valence-electron chi connectivity index (χ3n) is 2.93. The molecule has 108 valence electrons. The van der Waals surface area contributed by atoms with Crippen molar-refractivity contribution in [1.82, 2.24) is 0 Å². The zero-order chi connectivity index (χ0) is 15.2. The molecule has 0 aliphatic heterocycles. The Morgan fingerprint density at radius 1 is 1.14 bits per heavy atom. The van der Waals surface area contributed by atoms with Crippen LogP contribution in [-0.4, -0.2) is 11.5 Å². The lowest BCUT2D eigenvalue weighted by Gasteiger charge is -2.09. The number of nitrogens with zero attached hydrogens (tertiary/aromatic N) is 1. The van der Waals surface area contributed by atoms with E-state index in [4.69, 9.17) is 5.84 Å². The summed E-state index contributed by atoms with van der Waals surface area (Å²) < 4.78 is 13.9. The van der Waals surface area contributed by atoms with Gasteiger partial charge in [-0.2, -0.15) is 17.7 Å². The van der Waals surface area contributed by atoms with Crippen LogP contribution in [-0.2, 0) is 0 Å². The van der Waals surface area contributed by atoms with Crippen LogP contribution in [0.1, 0.15) is 11.1 Å². The molecule has 0 saturated carbocycles. The van der Waals surface area contributed by atoms with Gasteiger partial charge in [-0.25, -0.2) is 4.39 Å². The quantitative estimate of drug-likeness (QED) is 0.361. The van der Waals surface area contributed by atoms with Gasteiger partial charge < -0.3 is 5.84 Å². The first-order valence-corrected chi connectivity index (χ1v) is 7.68. The first kappa shape index (κ1) is 15.8. The van der Waals surface area contributed by atoms with Gasteiger partial charge in [0.15, 0.2) is 0 Å². The molecule has 0 heterocycles. The predicted molar refractivity (Wildman–Crippen MR) is 93.1 cm³/mol. The normalized spacial score (nSPS) is 12.5. The van der Waals surface area contributed by atoms with Gasteiger partial charge in [0.2, 0.25) is 0 Å². The lowest BCUT2D eigenvalue weighted by molar-refractivity contribution is 0.628. The van der Waals surface area contributed by atoms with E-state index in [2.05, 4.69) is 33.7 Å². The average Bonchev–Trinajstić information content (AvgIpc) is 2.50. The third kappa shape index (κ3) is 4.19. The largest absolute Gasteiger partial charge is 0.323 e. The van der Waals surface area contributed by atoms with Crippen LogP contribution in [0.25, 0.3) is 6.08 Å². The maximum Gasteiger partial charge on any atom is 0.123 e. The number of thiol groups is 1. The minimum Gasteiger partial charge on any atom is -0.323 e. The van der Waals surface area contributed by atoms with Gasteiger partial charge >= 0.3 is 0 Å². The van der Waals surface area contributed by atoms with Crippen molar-refractivity contribution in [2.24, 2.45) is 10.9 Å². The molecule has 0 atom stereocenters. The molecule has 0 unspecified atom stereocenters.